The van der Waals surface area contributed by atoms with Crippen molar-refractivity contribution < 1.29 is 42.1 Å². The van der Waals surface area contributed by atoms with Crippen LogP contribution >= 0.6 is 0 Å². The van der Waals surface area contributed by atoms with Gasteiger partial charge in [0.2, 0.25) is 0 Å². The molecule has 2 aromatic heterocycles. The second-order valence-corrected chi connectivity index (χ2v) is 9.93. The Morgan fingerprint density at radius 1 is 0.844 bits per heavy atom. The zero-order valence-corrected chi connectivity index (χ0v) is 26.3. The van der Waals surface area contributed by atoms with E-state index in [1.807, 2.05) is 85.5 Å². The van der Waals surface area contributed by atoms with Crippen molar-refractivity contribution in [3.63, 3.8) is 0 Å². The number of anilines is 2. The summed E-state index contributed by atoms with van der Waals surface area (Å²) in [5.74, 6) is -0.784. The Hall–Kier alpha value is -4.47. The van der Waals surface area contributed by atoms with E-state index in [-0.39, 0.29) is 25.7 Å². The minimum Gasteiger partial charge on any atom is -0.456 e. The van der Waals surface area contributed by atoms with Gasteiger partial charge in [-0.2, -0.15) is 36.5 Å². The number of hydrazone groups is 1. The summed E-state index contributed by atoms with van der Waals surface area (Å²) in [6, 6.07) is 32.4. The summed E-state index contributed by atoms with van der Waals surface area (Å²) < 4.78 is 64.5. The van der Waals surface area contributed by atoms with E-state index >= 15 is 0 Å². The number of hydrogen-bond acceptors (Lipinski definition) is 5. The molecule has 0 bridgehead atoms. The van der Waals surface area contributed by atoms with Gasteiger partial charge in [0.05, 0.1) is 0 Å². The van der Waals surface area contributed by atoms with Crippen molar-refractivity contribution in [2.45, 2.75) is 25.9 Å². The summed E-state index contributed by atoms with van der Waals surface area (Å²) in [5, 5.41) is 6.11. The molecule has 0 saturated carbocycles. The first-order valence-corrected chi connectivity index (χ1v) is 13.5. The molecule has 3 aromatic carbocycles. The van der Waals surface area contributed by atoms with Gasteiger partial charge in [0.1, 0.15) is 17.7 Å². The zero-order valence-electron chi connectivity index (χ0n) is 23.9. The number of benzene rings is 3. The molecule has 0 N–H and O–H groups in total. The van der Waals surface area contributed by atoms with Gasteiger partial charge >= 0.3 is 26.3 Å². The standard InChI is InChI=1S/C21H14F3N3.C13H11F2N2.Ir/c22-21(23,24)17-11-13-19(14-12-17)27-15-26(18-9-5-2-6-10-18)20(25-27)16-7-3-1-4-8-16;1-8(2)9-5-6-16-11(7-9)10-3-4-12(14)17-13(10)15;/h1-13,15H;4-8H,1-2H3;/q-2;-1;+3. The molecule has 0 fully saturated rings. The van der Waals surface area contributed by atoms with E-state index < -0.39 is 23.6 Å². The van der Waals surface area contributed by atoms with E-state index in [0.717, 1.165) is 35.0 Å². The van der Waals surface area contributed by atoms with Crippen molar-refractivity contribution in [1.29, 1.82) is 0 Å². The second-order valence-electron chi connectivity index (χ2n) is 9.93. The van der Waals surface area contributed by atoms with Crippen LogP contribution in [0.5, 0.6) is 0 Å². The zero-order chi connectivity index (χ0) is 31.3. The predicted octanol–water partition coefficient (Wildman–Crippen LogP) is 8.66. The van der Waals surface area contributed by atoms with Crippen LogP contribution in [0.4, 0.5) is 33.3 Å². The van der Waals surface area contributed by atoms with Crippen LogP contribution in [0.2, 0.25) is 0 Å². The van der Waals surface area contributed by atoms with Gasteiger partial charge in [-0.3, -0.25) is 4.98 Å². The Morgan fingerprint density at radius 3 is 2.13 bits per heavy atom. The number of pyridine rings is 2. The van der Waals surface area contributed by atoms with Crippen molar-refractivity contribution in [3.8, 4) is 11.3 Å². The van der Waals surface area contributed by atoms with Gasteiger partial charge in [-0.25, -0.2) is 8.78 Å². The van der Waals surface area contributed by atoms with Gasteiger partial charge in [0.15, 0.2) is 0 Å². The number of alkyl halides is 3. The molecule has 5 nitrogen and oxygen atoms in total. The van der Waals surface area contributed by atoms with Crippen LogP contribution in [-0.2, 0) is 26.3 Å². The first kappa shape index (κ1) is 33.4. The molecule has 0 unspecified atom stereocenters. The average Bonchev–Trinajstić information content (AvgIpc) is 3.48. The van der Waals surface area contributed by atoms with E-state index in [9.17, 15) is 22.0 Å². The largest absolute Gasteiger partial charge is 3.00 e. The van der Waals surface area contributed by atoms with Gasteiger partial charge in [0.25, 0.3) is 0 Å². The van der Waals surface area contributed by atoms with Crippen molar-refractivity contribution in [1.82, 2.24) is 9.97 Å². The third-order valence-electron chi connectivity index (χ3n) is 6.55. The van der Waals surface area contributed by atoms with Crippen LogP contribution in [0.1, 0.15) is 36.5 Å². The molecular formula is C34H25F5IrN5. The molecule has 0 amide bonds. The van der Waals surface area contributed by atoms with Crippen LogP contribution in [0.15, 0.2) is 108 Å². The third-order valence-corrected chi connectivity index (χ3v) is 6.55. The first-order chi connectivity index (χ1) is 21.1. The monoisotopic (exact) mass is 791 g/mol. The summed E-state index contributed by atoms with van der Waals surface area (Å²) in [4.78, 5) is 9.06. The smallest absolute Gasteiger partial charge is 0.456 e. The molecule has 0 radical (unpaired) electrons. The molecule has 5 aromatic rings. The molecule has 230 valence electrons. The van der Waals surface area contributed by atoms with E-state index in [0.29, 0.717) is 23.1 Å². The molecular weight excluding hydrogens is 766 g/mol. The van der Waals surface area contributed by atoms with Crippen LogP contribution in [0, 0.1) is 30.7 Å². The Kier molecular flexibility index (Phi) is 10.8. The van der Waals surface area contributed by atoms with E-state index in [1.165, 1.54) is 11.1 Å². The van der Waals surface area contributed by atoms with Crippen molar-refractivity contribution >= 4 is 17.2 Å². The van der Waals surface area contributed by atoms with Gasteiger partial charge < -0.3 is 14.9 Å². The molecule has 0 spiro atoms. The van der Waals surface area contributed by atoms with Crippen LogP contribution in [0.3, 0.4) is 0 Å². The van der Waals surface area contributed by atoms with Crippen LogP contribution in [0.25, 0.3) is 11.3 Å². The predicted molar refractivity (Wildman–Crippen MR) is 159 cm³/mol. The maximum atomic E-state index is 13.4. The van der Waals surface area contributed by atoms with Gasteiger partial charge in [-0.15, -0.1) is 18.8 Å². The fraction of sp³-hybridized carbons (Fsp3) is 0.118. The van der Waals surface area contributed by atoms with E-state index in [2.05, 4.69) is 27.2 Å². The topological polar surface area (TPSA) is 44.6 Å². The summed E-state index contributed by atoms with van der Waals surface area (Å²) in [7, 11) is 0. The Labute approximate surface area is 271 Å². The fourth-order valence-corrected chi connectivity index (χ4v) is 4.25. The van der Waals surface area contributed by atoms with Gasteiger partial charge in [-0.1, -0.05) is 96.9 Å². The molecule has 3 heterocycles. The van der Waals surface area contributed by atoms with Crippen molar-refractivity contribution in [2.24, 2.45) is 5.10 Å². The van der Waals surface area contributed by atoms with Crippen LogP contribution in [-0.4, -0.2) is 15.8 Å². The number of amidine groups is 1. The number of halogens is 5. The van der Waals surface area contributed by atoms with Crippen molar-refractivity contribution in [2.75, 3.05) is 9.91 Å². The summed E-state index contributed by atoms with van der Waals surface area (Å²) in [6.07, 6.45) is -2.79. The van der Waals surface area contributed by atoms with Gasteiger partial charge in [0, 0.05) is 17.4 Å². The Bertz CT molecular complexity index is 1730. The number of hydrogen-bond donors (Lipinski definition) is 0. The molecule has 11 heteroatoms. The maximum Gasteiger partial charge on any atom is 3.00 e. The van der Waals surface area contributed by atoms with E-state index in [4.69, 9.17) is 0 Å². The molecule has 1 aliphatic rings. The molecule has 0 saturated heterocycles. The second kappa shape index (κ2) is 14.5. The number of aromatic nitrogens is 2. The first-order valence-electron chi connectivity index (χ1n) is 13.5. The normalized spacial score (nSPS) is 12.8. The molecule has 6 rings (SSSR count). The number of para-hydroxylation sites is 1. The molecule has 0 atom stereocenters. The Morgan fingerprint density at radius 2 is 1.53 bits per heavy atom. The molecule has 1 aliphatic heterocycles. The SMILES string of the molecule is CC(C)c1ccnc(-c2[c-]cc(F)nc2F)c1.FC(F)(F)c1c[c-]c(N2[CH-]N(c3ccccc3)C(c3ccccc3)=N2)cc1.[Ir+3]. The summed E-state index contributed by atoms with van der Waals surface area (Å²) in [5.41, 5.74) is 3.02. The molecule has 0 aliphatic carbocycles. The quantitative estimate of drug-likeness (QED) is 0.102. The van der Waals surface area contributed by atoms with Crippen molar-refractivity contribution in [3.05, 3.63) is 151 Å². The summed E-state index contributed by atoms with van der Waals surface area (Å²) >= 11 is 0. The Balaban J connectivity index is 0.000000222. The number of nitrogens with zero attached hydrogens (tertiary/aromatic N) is 5. The minimum atomic E-state index is -4.39. The van der Waals surface area contributed by atoms with E-state index in [1.54, 1.807) is 18.9 Å². The summed E-state index contributed by atoms with van der Waals surface area (Å²) in [6.45, 7) is 5.79. The van der Waals surface area contributed by atoms with Crippen LogP contribution < -0.4 is 9.91 Å². The average molecular weight is 791 g/mol. The fourth-order valence-electron chi connectivity index (χ4n) is 4.25. The number of rotatable bonds is 5. The molecule has 45 heavy (non-hydrogen) atoms. The minimum absolute atomic E-state index is 0. The maximum absolute atomic E-state index is 13.4. The van der Waals surface area contributed by atoms with Gasteiger partial charge in [-0.05, 0) is 29.8 Å². The third kappa shape index (κ3) is 8.17.